The van der Waals surface area contributed by atoms with E-state index in [2.05, 4.69) is 0 Å². The Hall–Kier alpha value is -2.11. The van der Waals surface area contributed by atoms with Crippen LogP contribution < -0.4 is 4.74 Å². The van der Waals surface area contributed by atoms with E-state index in [0.717, 1.165) is 0 Å². The van der Waals surface area contributed by atoms with Gasteiger partial charge in [0.2, 0.25) is 0 Å². The molecule has 0 aliphatic carbocycles. The maximum absolute atomic E-state index is 13.3. The maximum Gasteiger partial charge on any atom is 0.254 e. The van der Waals surface area contributed by atoms with E-state index in [9.17, 15) is 14.3 Å². The quantitative estimate of drug-likeness (QED) is 0.904. The molecule has 0 radical (unpaired) electrons. The summed E-state index contributed by atoms with van der Waals surface area (Å²) in [5.41, 5.74) is -0.871. The largest absolute Gasteiger partial charge is 0.490 e. The fourth-order valence-electron chi connectivity index (χ4n) is 2.98. The summed E-state index contributed by atoms with van der Waals surface area (Å²) in [5, 5.41) is 11.3. The van der Waals surface area contributed by atoms with Crippen LogP contribution in [0.1, 0.15) is 23.2 Å². The molecule has 4 nitrogen and oxygen atoms in total. The molecular formula is C19H19ClFNO3. The van der Waals surface area contributed by atoms with Crippen molar-refractivity contribution in [1.29, 1.82) is 0 Å². The fourth-order valence-corrected chi connectivity index (χ4v) is 3.16. The van der Waals surface area contributed by atoms with E-state index in [1.165, 1.54) is 18.2 Å². The van der Waals surface area contributed by atoms with E-state index in [4.69, 9.17) is 16.3 Å². The van der Waals surface area contributed by atoms with Crippen molar-refractivity contribution >= 4 is 17.5 Å². The predicted octanol–water partition coefficient (Wildman–Crippen LogP) is 3.53. The molecule has 1 atom stereocenters. The average molecular weight is 364 g/mol. The molecule has 0 saturated carbocycles. The summed E-state index contributed by atoms with van der Waals surface area (Å²) >= 11 is 5.92. The SMILES string of the molecule is O=C(c1cccc(F)c1)N1CCCC(O)(COc2cccc(Cl)c2)C1. The van der Waals surface area contributed by atoms with Crippen LogP contribution in [0.3, 0.4) is 0 Å². The summed E-state index contributed by atoms with van der Waals surface area (Å²) in [4.78, 5) is 14.1. The Kier molecular flexibility index (Phi) is 5.25. The zero-order chi connectivity index (χ0) is 17.9. The van der Waals surface area contributed by atoms with Crippen molar-refractivity contribution in [2.45, 2.75) is 18.4 Å². The van der Waals surface area contributed by atoms with E-state index in [-0.39, 0.29) is 24.6 Å². The van der Waals surface area contributed by atoms with Crippen LogP contribution in [0.2, 0.25) is 5.02 Å². The van der Waals surface area contributed by atoms with Crippen LogP contribution in [0.15, 0.2) is 48.5 Å². The van der Waals surface area contributed by atoms with Gasteiger partial charge in [-0.2, -0.15) is 0 Å². The molecule has 1 fully saturated rings. The summed E-state index contributed by atoms with van der Waals surface area (Å²) in [5.74, 6) is -0.183. The number of amides is 1. The van der Waals surface area contributed by atoms with Crippen molar-refractivity contribution in [2.75, 3.05) is 19.7 Å². The Labute approximate surface area is 150 Å². The second-order valence-corrected chi connectivity index (χ2v) is 6.75. The highest BCUT2D eigenvalue weighted by Gasteiger charge is 2.36. The van der Waals surface area contributed by atoms with Gasteiger partial charge in [-0.15, -0.1) is 0 Å². The molecule has 1 N–H and O–H groups in total. The first-order valence-corrected chi connectivity index (χ1v) is 8.49. The first kappa shape index (κ1) is 17.7. The number of hydrogen-bond donors (Lipinski definition) is 1. The number of ether oxygens (including phenoxy) is 1. The topological polar surface area (TPSA) is 49.8 Å². The third-order valence-electron chi connectivity index (χ3n) is 4.22. The molecule has 132 valence electrons. The Morgan fingerprint density at radius 2 is 2.08 bits per heavy atom. The third-order valence-corrected chi connectivity index (χ3v) is 4.45. The molecule has 0 bridgehead atoms. The number of carbonyl (C=O) groups excluding carboxylic acids is 1. The van der Waals surface area contributed by atoms with Crippen molar-refractivity contribution in [3.8, 4) is 5.75 Å². The number of rotatable bonds is 4. The van der Waals surface area contributed by atoms with Gasteiger partial charge in [0.1, 0.15) is 23.8 Å². The number of carbonyl (C=O) groups is 1. The number of benzene rings is 2. The summed E-state index contributed by atoms with van der Waals surface area (Å²) in [6.45, 7) is 0.720. The van der Waals surface area contributed by atoms with Gasteiger partial charge in [-0.05, 0) is 49.2 Å². The zero-order valence-corrected chi connectivity index (χ0v) is 14.4. The second kappa shape index (κ2) is 7.42. The summed E-state index contributed by atoms with van der Waals surface area (Å²) in [7, 11) is 0. The molecule has 1 aliphatic rings. The summed E-state index contributed by atoms with van der Waals surface area (Å²) in [6.07, 6.45) is 1.18. The summed E-state index contributed by atoms with van der Waals surface area (Å²) in [6, 6.07) is 12.5. The Balaban J connectivity index is 1.66. The first-order valence-electron chi connectivity index (χ1n) is 8.11. The molecule has 6 heteroatoms. The van der Waals surface area contributed by atoms with Crippen molar-refractivity contribution < 1.29 is 19.0 Å². The van der Waals surface area contributed by atoms with Gasteiger partial charge >= 0.3 is 0 Å². The smallest absolute Gasteiger partial charge is 0.254 e. The van der Waals surface area contributed by atoms with Gasteiger partial charge in [0.15, 0.2) is 0 Å². The lowest BCUT2D eigenvalue weighted by atomic mass is 9.93. The third kappa shape index (κ3) is 4.50. The van der Waals surface area contributed by atoms with E-state index >= 15 is 0 Å². The van der Waals surface area contributed by atoms with Gasteiger partial charge in [0, 0.05) is 17.1 Å². The van der Waals surface area contributed by atoms with Gasteiger partial charge in [-0.3, -0.25) is 4.79 Å². The molecule has 1 saturated heterocycles. The van der Waals surface area contributed by atoms with Gasteiger partial charge in [-0.1, -0.05) is 23.7 Å². The molecule has 1 aliphatic heterocycles. The maximum atomic E-state index is 13.3. The van der Waals surface area contributed by atoms with Gasteiger partial charge < -0.3 is 14.7 Å². The lowest BCUT2D eigenvalue weighted by Crippen LogP contribution is -2.53. The molecule has 0 aromatic heterocycles. The number of piperidine rings is 1. The number of β-amino-alcohol motifs (C(OH)–C–C–N with tert-alkyl or cyclic N) is 1. The lowest BCUT2D eigenvalue weighted by molar-refractivity contribution is -0.0532. The molecule has 1 amide bonds. The minimum absolute atomic E-state index is 0.0558. The van der Waals surface area contributed by atoms with Gasteiger partial charge in [-0.25, -0.2) is 4.39 Å². The standard InChI is InChI=1S/C19H19ClFNO3/c20-15-5-2-7-17(11-15)25-13-19(24)8-3-9-22(12-19)18(23)14-4-1-6-16(21)10-14/h1-2,4-7,10-11,24H,3,8-9,12-13H2. The van der Waals surface area contributed by atoms with Crippen molar-refractivity contribution in [2.24, 2.45) is 0 Å². The Morgan fingerprint density at radius 1 is 1.28 bits per heavy atom. The van der Waals surface area contributed by atoms with Crippen LogP contribution in [0.5, 0.6) is 5.75 Å². The highest BCUT2D eigenvalue weighted by Crippen LogP contribution is 2.25. The number of nitrogens with zero attached hydrogens (tertiary/aromatic N) is 1. The molecule has 2 aromatic rings. The average Bonchev–Trinajstić information content (AvgIpc) is 2.60. The van der Waals surface area contributed by atoms with E-state index in [1.54, 1.807) is 35.2 Å². The minimum atomic E-state index is -1.15. The normalized spacial score (nSPS) is 20.4. The molecule has 1 heterocycles. The van der Waals surface area contributed by atoms with Crippen molar-refractivity contribution in [1.82, 2.24) is 4.90 Å². The van der Waals surface area contributed by atoms with Crippen LogP contribution in [0.25, 0.3) is 0 Å². The zero-order valence-electron chi connectivity index (χ0n) is 13.6. The van der Waals surface area contributed by atoms with Crippen LogP contribution in [-0.2, 0) is 0 Å². The predicted molar refractivity (Wildman–Crippen MR) is 93.4 cm³/mol. The lowest BCUT2D eigenvalue weighted by Gasteiger charge is -2.39. The monoisotopic (exact) mass is 363 g/mol. The summed E-state index contributed by atoms with van der Waals surface area (Å²) < 4.78 is 19.0. The molecule has 25 heavy (non-hydrogen) atoms. The number of halogens is 2. The fraction of sp³-hybridized carbons (Fsp3) is 0.316. The van der Waals surface area contributed by atoms with Crippen molar-refractivity contribution in [3.05, 3.63) is 64.9 Å². The molecule has 0 spiro atoms. The number of aliphatic hydroxyl groups is 1. The Morgan fingerprint density at radius 3 is 2.84 bits per heavy atom. The van der Waals surface area contributed by atoms with Crippen LogP contribution in [0, 0.1) is 5.82 Å². The minimum Gasteiger partial charge on any atom is -0.490 e. The van der Waals surface area contributed by atoms with Gasteiger partial charge in [0.25, 0.3) is 5.91 Å². The van der Waals surface area contributed by atoms with Crippen LogP contribution in [-0.4, -0.2) is 41.2 Å². The van der Waals surface area contributed by atoms with E-state index in [0.29, 0.717) is 30.2 Å². The second-order valence-electron chi connectivity index (χ2n) is 6.31. The molecule has 3 rings (SSSR count). The Bertz CT molecular complexity index is 770. The molecular weight excluding hydrogens is 345 g/mol. The number of hydrogen-bond acceptors (Lipinski definition) is 3. The van der Waals surface area contributed by atoms with E-state index in [1.807, 2.05) is 0 Å². The molecule has 2 aromatic carbocycles. The van der Waals surface area contributed by atoms with E-state index < -0.39 is 11.4 Å². The van der Waals surface area contributed by atoms with Crippen LogP contribution >= 0.6 is 11.6 Å². The van der Waals surface area contributed by atoms with Crippen LogP contribution in [0.4, 0.5) is 4.39 Å². The molecule has 1 unspecified atom stereocenters. The first-order chi connectivity index (χ1) is 12.0. The highest BCUT2D eigenvalue weighted by atomic mass is 35.5. The number of likely N-dealkylation sites (tertiary alicyclic amines) is 1. The van der Waals surface area contributed by atoms with Gasteiger partial charge in [0.05, 0.1) is 6.54 Å². The van der Waals surface area contributed by atoms with Crippen molar-refractivity contribution in [3.63, 3.8) is 0 Å². The highest BCUT2D eigenvalue weighted by molar-refractivity contribution is 6.30.